The van der Waals surface area contributed by atoms with E-state index in [1.807, 2.05) is 60.7 Å². The predicted octanol–water partition coefficient (Wildman–Crippen LogP) is 3.19. The average Bonchev–Trinajstić information content (AvgIpc) is 2.75. The first-order valence-corrected chi connectivity index (χ1v) is 9.85. The first kappa shape index (κ1) is 22.9. The van der Waals surface area contributed by atoms with Crippen LogP contribution in [0.2, 0.25) is 0 Å². The summed E-state index contributed by atoms with van der Waals surface area (Å²) >= 11 is 0. The summed E-state index contributed by atoms with van der Waals surface area (Å²) in [6, 6.07) is 16.8. The van der Waals surface area contributed by atoms with E-state index in [0.717, 1.165) is 11.1 Å². The molecule has 0 fully saturated rings. The number of carbonyl (C=O) groups is 3. The van der Waals surface area contributed by atoms with Gasteiger partial charge >= 0.3 is 12.1 Å². The van der Waals surface area contributed by atoms with Crippen molar-refractivity contribution in [1.82, 2.24) is 10.6 Å². The molecule has 0 saturated carbocycles. The number of alkyl carbamates (subject to hydrolysis) is 1. The lowest BCUT2D eigenvalue weighted by atomic mass is 10.0. The number of hydrogen-bond acceptors (Lipinski definition) is 5. The third-order valence-corrected chi connectivity index (χ3v) is 4.38. The Bertz CT molecular complexity index is 824. The molecule has 2 atom stereocenters. The lowest BCUT2D eigenvalue weighted by molar-refractivity contribution is -0.150. The Morgan fingerprint density at radius 3 is 1.77 bits per heavy atom. The Hall–Kier alpha value is -3.35. The third kappa shape index (κ3) is 7.58. The van der Waals surface area contributed by atoms with Gasteiger partial charge in [-0.25, -0.2) is 9.59 Å². The van der Waals surface area contributed by atoms with Gasteiger partial charge in [0.15, 0.2) is 0 Å². The van der Waals surface area contributed by atoms with Crippen molar-refractivity contribution in [3.8, 4) is 0 Å². The minimum absolute atomic E-state index is 0.0987. The van der Waals surface area contributed by atoms with E-state index in [-0.39, 0.29) is 19.1 Å². The first-order valence-electron chi connectivity index (χ1n) is 9.85. The fourth-order valence-corrected chi connectivity index (χ4v) is 2.60. The maximum Gasteiger partial charge on any atom is 0.408 e. The van der Waals surface area contributed by atoms with Crippen LogP contribution in [0, 0.1) is 5.92 Å². The minimum atomic E-state index is -0.878. The lowest BCUT2D eigenvalue weighted by Crippen LogP contribution is -2.52. The van der Waals surface area contributed by atoms with Crippen LogP contribution in [0.15, 0.2) is 60.7 Å². The summed E-state index contributed by atoms with van der Waals surface area (Å²) in [5.74, 6) is -1.21. The molecule has 0 aromatic heterocycles. The van der Waals surface area contributed by atoms with Crippen LogP contribution in [0.5, 0.6) is 0 Å². The van der Waals surface area contributed by atoms with Crippen LogP contribution in [-0.4, -0.2) is 30.1 Å². The molecule has 2 N–H and O–H groups in total. The van der Waals surface area contributed by atoms with E-state index < -0.39 is 30.1 Å². The second kappa shape index (κ2) is 11.6. The summed E-state index contributed by atoms with van der Waals surface area (Å²) in [6.45, 7) is 5.35. The second-order valence-electron chi connectivity index (χ2n) is 7.25. The summed E-state index contributed by atoms with van der Waals surface area (Å²) in [4.78, 5) is 36.8. The Kier molecular flexibility index (Phi) is 8.87. The fourth-order valence-electron chi connectivity index (χ4n) is 2.60. The summed E-state index contributed by atoms with van der Waals surface area (Å²) < 4.78 is 10.4. The molecule has 2 aromatic rings. The standard InChI is InChI=1S/C23H28N2O5/c1-16(2)20(22(27)29-14-18-10-6-4-7-11-18)25-21(26)17(3)24-23(28)30-15-19-12-8-5-9-13-19/h4-13,16-17,20H,14-15H2,1-3H3,(H,24,28)(H,25,26)/t17-,20+/m1/s1. The number of hydrogen-bond donors (Lipinski definition) is 2. The Balaban J connectivity index is 1.82. The largest absolute Gasteiger partial charge is 0.459 e. The van der Waals surface area contributed by atoms with E-state index in [1.54, 1.807) is 13.8 Å². The molecule has 2 amide bonds. The number of benzene rings is 2. The van der Waals surface area contributed by atoms with E-state index in [0.29, 0.717) is 0 Å². The van der Waals surface area contributed by atoms with Crippen LogP contribution < -0.4 is 10.6 Å². The van der Waals surface area contributed by atoms with Gasteiger partial charge in [0.2, 0.25) is 5.91 Å². The van der Waals surface area contributed by atoms with Gasteiger partial charge in [-0.05, 0) is 24.0 Å². The number of rotatable bonds is 9. The summed E-state index contributed by atoms with van der Waals surface area (Å²) in [6.07, 6.45) is -0.714. The van der Waals surface area contributed by atoms with Crippen molar-refractivity contribution < 1.29 is 23.9 Å². The maximum atomic E-state index is 12.5. The number of esters is 1. The van der Waals surface area contributed by atoms with E-state index in [9.17, 15) is 14.4 Å². The van der Waals surface area contributed by atoms with Crippen molar-refractivity contribution in [3.05, 3.63) is 71.8 Å². The molecule has 30 heavy (non-hydrogen) atoms. The molecule has 7 heteroatoms. The van der Waals surface area contributed by atoms with E-state index in [2.05, 4.69) is 10.6 Å². The smallest absolute Gasteiger partial charge is 0.408 e. The lowest BCUT2D eigenvalue weighted by Gasteiger charge is -2.23. The van der Waals surface area contributed by atoms with Crippen LogP contribution in [0.4, 0.5) is 4.79 Å². The van der Waals surface area contributed by atoms with Crippen LogP contribution in [0.3, 0.4) is 0 Å². The SMILES string of the molecule is CC(C)[C@H](NC(=O)[C@@H](C)NC(=O)OCc1ccccc1)C(=O)OCc1ccccc1. The van der Waals surface area contributed by atoms with Crippen molar-refractivity contribution >= 4 is 18.0 Å². The van der Waals surface area contributed by atoms with E-state index >= 15 is 0 Å². The Morgan fingerprint density at radius 1 is 0.767 bits per heavy atom. The molecule has 2 rings (SSSR count). The van der Waals surface area contributed by atoms with E-state index in [1.165, 1.54) is 6.92 Å². The van der Waals surface area contributed by atoms with Crippen molar-refractivity contribution in [2.24, 2.45) is 5.92 Å². The summed E-state index contributed by atoms with van der Waals surface area (Å²) in [5, 5.41) is 5.11. The molecular weight excluding hydrogens is 384 g/mol. The molecule has 160 valence electrons. The number of ether oxygens (including phenoxy) is 2. The molecule has 7 nitrogen and oxygen atoms in total. The number of nitrogens with one attached hydrogen (secondary N) is 2. The molecular formula is C23H28N2O5. The van der Waals surface area contributed by atoms with Gasteiger partial charge in [-0.3, -0.25) is 4.79 Å². The first-order chi connectivity index (χ1) is 14.4. The monoisotopic (exact) mass is 412 g/mol. The van der Waals surface area contributed by atoms with Crippen LogP contribution in [-0.2, 0) is 32.3 Å². The highest BCUT2D eigenvalue weighted by molar-refractivity contribution is 5.89. The number of carbonyl (C=O) groups excluding carboxylic acids is 3. The van der Waals surface area contributed by atoms with Crippen molar-refractivity contribution in [3.63, 3.8) is 0 Å². The van der Waals surface area contributed by atoms with Crippen LogP contribution >= 0.6 is 0 Å². The van der Waals surface area contributed by atoms with Gasteiger partial charge in [0, 0.05) is 0 Å². The molecule has 0 saturated heterocycles. The minimum Gasteiger partial charge on any atom is -0.459 e. The quantitative estimate of drug-likeness (QED) is 0.617. The molecule has 0 spiro atoms. The van der Waals surface area contributed by atoms with Gasteiger partial charge in [-0.15, -0.1) is 0 Å². The highest BCUT2D eigenvalue weighted by atomic mass is 16.5. The maximum absolute atomic E-state index is 12.5. The van der Waals surface area contributed by atoms with Crippen molar-refractivity contribution in [2.75, 3.05) is 0 Å². The highest BCUT2D eigenvalue weighted by Gasteiger charge is 2.28. The third-order valence-electron chi connectivity index (χ3n) is 4.38. The zero-order valence-electron chi connectivity index (χ0n) is 17.5. The summed E-state index contributed by atoms with van der Waals surface area (Å²) in [5.41, 5.74) is 1.70. The van der Waals surface area contributed by atoms with Gasteiger partial charge in [0.1, 0.15) is 25.3 Å². The topological polar surface area (TPSA) is 93.7 Å². The number of amides is 2. The zero-order chi connectivity index (χ0) is 21.9. The molecule has 0 heterocycles. The van der Waals surface area contributed by atoms with Gasteiger partial charge in [-0.1, -0.05) is 74.5 Å². The Labute approximate surface area is 176 Å². The zero-order valence-corrected chi connectivity index (χ0v) is 17.5. The summed E-state index contributed by atoms with van der Waals surface area (Å²) in [7, 11) is 0. The molecule has 0 aliphatic rings. The van der Waals surface area contributed by atoms with Crippen molar-refractivity contribution in [1.29, 1.82) is 0 Å². The van der Waals surface area contributed by atoms with Crippen LogP contribution in [0.25, 0.3) is 0 Å². The van der Waals surface area contributed by atoms with Gasteiger partial charge in [-0.2, -0.15) is 0 Å². The molecule has 0 aliphatic heterocycles. The van der Waals surface area contributed by atoms with Gasteiger partial charge in [0.05, 0.1) is 0 Å². The molecule has 0 aliphatic carbocycles. The molecule has 0 radical (unpaired) electrons. The molecule has 0 unspecified atom stereocenters. The molecule has 2 aromatic carbocycles. The fraction of sp³-hybridized carbons (Fsp3) is 0.348. The van der Waals surface area contributed by atoms with Gasteiger partial charge in [0.25, 0.3) is 0 Å². The normalized spacial score (nSPS) is 12.5. The Morgan fingerprint density at radius 2 is 1.27 bits per heavy atom. The molecule has 0 bridgehead atoms. The van der Waals surface area contributed by atoms with E-state index in [4.69, 9.17) is 9.47 Å². The van der Waals surface area contributed by atoms with Crippen molar-refractivity contribution in [2.45, 2.75) is 46.1 Å². The highest BCUT2D eigenvalue weighted by Crippen LogP contribution is 2.08. The second-order valence-corrected chi connectivity index (χ2v) is 7.25. The van der Waals surface area contributed by atoms with Gasteiger partial charge < -0.3 is 20.1 Å². The predicted molar refractivity (Wildman–Crippen MR) is 112 cm³/mol. The van der Waals surface area contributed by atoms with Crippen LogP contribution in [0.1, 0.15) is 31.9 Å². The average molecular weight is 412 g/mol.